The van der Waals surface area contributed by atoms with Gasteiger partial charge in [-0.1, -0.05) is 35.9 Å². The second-order valence-corrected chi connectivity index (χ2v) is 7.86. The first-order chi connectivity index (χ1) is 14.5. The highest BCUT2D eigenvalue weighted by Gasteiger charge is 2.23. The van der Waals surface area contributed by atoms with E-state index in [1.165, 1.54) is 12.8 Å². The Bertz CT molecular complexity index is 1080. The van der Waals surface area contributed by atoms with E-state index < -0.39 is 5.97 Å². The fraction of sp³-hybridized carbons (Fsp3) is 0.348. The van der Waals surface area contributed by atoms with Gasteiger partial charge in [-0.2, -0.15) is 5.10 Å². The maximum Gasteiger partial charge on any atom is 0.335 e. The molecule has 6 nitrogen and oxygen atoms in total. The topological polar surface area (TPSA) is 70.4 Å². The Morgan fingerprint density at radius 3 is 2.87 bits per heavy atom. The molecule has 1 aromatic heterocycles. The second kappa shape index (κ2) is 8.88. The minimum atomic E-state index is -0.466. The predicted molar refractivity (Wildman–Crippen MR) is 115 cm³/mol. The molecule has 1 saturated carbocycles. The fourth-order valence-corrected chi connectivity index (χ4v) is 3.50. The smallest absolute Gasteiger partial charge is 0.335 e. The van der Waals surface area contributed by atoms with E-state index in [1.54, 1.807) is 36.0 Å². The SMILES string of the molecule is CCOC(=O)C1=C(C(=O)Cn2cc3cc(OCC4CC4)c(Cl)cc3n2)C=CC=CC1. The van der Waals surface area contributed by atoms with Crippen molar-refractivity contribution in [3.8, 4) is 5.75 Å². The zero-order chi connectivity index (χ0) is 21.1. The highest BCUT2D eigenvalue weighted by molar-refractivity contribution is 6.32. The van der Waals surface area contributed by atoms with Crippen LogP contribution in [-0.2, 0) is 20.9 Å². The highest BCUT2D eigenvalue weighted by atomic mass is 35.5. The van der Waals surface area contributed by atoms with Gasteiger partial charge < -0.3 is 9.47 Å². The minimum absolute atomic E-state index is 0.00709. The number of ketones is 1. The summed E-state index contributed by atoms with van der Waals surface area (Å²) in [6, 6.07) is 3.60. The normalized spacial score (nSPS) is 16.1. The van der Waals surface area contributed by atoms with E-state index in [1.807, 2.05) is 18.2 Å². The Balaban J connectivity index is 1.56. The summed E-state index contributed by atoms with van der Waals surface area (Å²) in [5, 5.41) is 5.81. The molecule has 0 aliphatic heterocycles. The number of carbonyl (C=O) groups excluding carboxylic acids is 2. The summed E-state index contributed by atoms with van der Waals surface area (Å²) in [6.07, 6.45) is 11.6. The van der Waals surface area contributed by atoms with Gasteiger partial charge in [0.1, 0.15) is 12.3 Å². The Morgan fingerprint density at radius 1 is 1.27 bits per heavy atom. The van der Waals surface area contributed by atoms with Crippen LogP contribution in [0.15, 0.2) is 53.8 Å². The number of fused-ring (bicyclic) bond motifs is 1. The van der Waals surface area contributed by atoms with Crippen LogP contribution in [0.1, 0.15) is 26.2 Å². The molecule has 0 spiro atoms. The number of halogens is 1. The van der Waals surface area contributed by atoms with Crippen LogP contribution in [0.4, 0.5) is 0 Å². The standard InChI is InChI=1S/C23H23ClN2O4/c1-2-29-23(28)18-7-5-3-4-6-17(18)21(27)13-26-12-16-10-22(30-14-15-8-9-15)19(24)11-20(16)25-26/h3-6,10-12,15H,2,7-9,13-14H2,1H3. The number of benzene rings is 1. The Kier molecular flexibility index (Phi) is 6.04. The van der Waals surface area contributed by atoms with E-state index in [0.717, 1.165) is 5.39 Å². The van der Waals surface area contributed by atoms with Crippen LogP contribution in [-0.4, -0.2) is 34.7 Å². The van der Waals surface area contributed by atoms with Crippen molar-refractivity contribution in [2.45, 2.75) is 32.7 Å². The predicted octanol–water partition coefficient (Wildman–Crippen LogP) is 4.42. The van der Waals surface area contributed by atoms with Crippen molar-refractivity contribution in [2.24, 2.45) is 5.92 Å². The molecule has 0 saturated heterocycles. The molecule has 7 heteroatoms. The van der Waals surface area contributed by atoms with E-state index in [2.05, 4.69) is 5.10 Å². The van der Waals surface area contributed by atoms with Gasteiger partial charge in [-0.15, -0.1) is 0 Å². The fourth-order valence-electron chi connectivity index (χ4n) is 3.29. The van der Waals surface area contributed by atoms with Gasteiger partial charge in [0, 0.05) is 17.2 Å². The number of carbonyl (C=O) groups is 2. The van der Waals surface area contributed by atoms with Crippen molar-refractivity contribution in [2.75, 3.05) is 13.2 Å². The molecule has 30 heavy (non-hydrogen) atoms. The number of esters is 1. The maximum absolute atomic E-state index is 13.0. The van der Waals surface area contributed by atoms with Crippen molar-refractivity contribution < 1.29 is 19.1 Å². The van der Waals surface area contributed by atoms with Crippen LogP contribution < -0.4 is 4.74 Å². The largest absolute Gasteiger partial charge is 0.492 e. The molecule has 2 aromatic rings. The van der Waals surface area contributed by atoms with Gasteiger partial charge in [0.05, 0.1) is 29.3 Å². The number of nitrogens with zero attached hydrogens (tertiary/aromatic N) is 2. The lowest BCUT2D eigenvalue weighted by Crippen LogP contribution is -2.17. The zero-order valence-corrected chi connectivity index (χ0v) is 17.5. The Hall–Kier alpha value is -2.86. The van der Waals surface area contributed by atoms with Crippen molar-refractivity contribution in [1.82, 2.24) is 9.78 Å². The molecule has 1 aromatic carbocycles. The minimum Gasteiger partial charge on any atom is -0.492 e. The van der Waals surface area contributed by atoms with Crippen LogP contribution in [0.2, 0.25) is 5.02 Å². The number of Topliss-reactive ketones (excluding diaryl/α,β-unsaturated/α-hetero) is 1. The van der Waals surface area contributed by atoms with E-state index in [-0.39, 0.29) is 18.9 Å². The van der Waals surface area contributed by atoms with E-state index in [0.29, 0.717) is 46.4 Å². The van der Waals surface area contributed by atoms with Crippen LogP contribution >= 0.6 is 11.6 Å². The molecular weight excluding hydrogens is 404 g/mol. The molecule has 1 heterocycles. The summed E-state index contributed by atoms with van der Waals surface area (Å²) in [5.41, 5.74) is 1.40. The van der Waals surface area contributed by atoms with Crippen molar-refractivity contribution in [1.29, 1.82) is 0 Å². The van der Waals surface area contributed by atoms with E-state index in [4.69, 9.17) is 21.1 Å². The van der Waals surface area contributed by atoms with Crippen LogP contribution in [0.25, 0.3) is 10.9 Å². The summed E-state index contributed by atoms with van der Waals surface area (Å²) >= 11 is 6.33. The molecule has 4 rings (SSSR count). The first kappa shape index (κ1) is 20.4. The summed E-state index contributed by atoms with van der Waals surface area (Å²) in [4.78, 5) is 25.3. The third-order valence-electron chi connectivity index (χ3n) is 5.06. The van der Waals surface area contributed by atoms with Crippen LogP contribution in [0.5, 0.6) is 5.75 Å². The quantitative estimate of drug-likeness (QED) is 0.584. The first-order valence-electron chi connectivity index (χ1n) is 10.1. The van der Waals surface area contributed by atoms with Gasteiger partial charge in [0.25, 0.3) is 0 Å². The average molecular weight is 427 g/mol. The number of rotatable bonds is 8. The molecule has 156 valence electrons. The van der Waals surface area contributed by atoms with E-state index >= 15 is 0 Å². The van der Waals surface area contributed by atoms with Gasteiger partial charge >= 0.3 is 5.97 Å². The summed E-state index contributed by atoms with van der Waals surface area (Å²) in [7, 11) is 0. The molecule has 0 amide bonds. The number of ether oxygens (including phenoxy) is 2. The number of aromatic nitrogens is 2. The van der Waals surface area contributed by atoms with Crippen molar-refractivity contribution in [3.05, 3.63) is 58.8 Å². The molecule has 0 N–H and O–H groups in total. The number of hydrogen-bond donors (Lipinski definition) is 0. The third-order valence-corrected chi connectivity index (χ3v) is 5.36. The molecule has 0 atom stereocenters. The molecule has 1 fully saturated rings. The van der Waals surface area contributed by atoms with Crippen LogP contribution in [0, 0.1) is 5.92 Å². The Morgan fingerprint density at radius 2 is 2.10 bits per heavy atom. The summed E-state index contributed by atoms with van der Waals surface area (Å²) in [5.74, 6) is 0.585. The summed E-state index contributed by atoms with van der Waals surface area (Å²) < 4.78 is 12.5. The van der Waals surface area contributed by atoms with E-state index in [9.17, 15) is 9.59 Å². The second-order valence-electron chi connectivity index (χ2n) is 7.45. The zero-order valence-electron chi connectivity index (χ0n) is 16.8. The molecular formula is C23H23ClN2O4. The molecule has 0 bridgehead atoms. The van der Waals surface area contributed by atoms with Gasteiger partial charge in [0.2, 0.25) is 0 Å². The third kappa shape index (κ3) is 4.65. The van der Waals surface area contributed by atoms with Crippen molar-refractivity contribution in [3.63, 3.8) is 0 Å². The Labute approximate surface area is 179 Å². The number of hydrogen-bond acceptors (Lipinski definition) is 5. The molecule has 0 radical (unpaired) electrons. The average Bonchev–Trinajstić information content (AvgIpc) is 3.50. The lowest BCUT2D eigenvalue weighted by Gasteiger charge is -2.09. The molecule has 2 aliphatic rings. The molecule has 0 unspecified atom stereocenters. The highest BCUT2D eigenvalue weighted by Crippen LogP contribution is 2.33. The lowest BCUT2D eigenvalue weighted by molar-refractivity contribution is -0.138. The number of allylic oxidation sites excluding steroid dienone is 5. The van der Waals surface area contributed by atoms with Gasteiger partial charge in [-0.3, -0.25) is 9.48 Å². The maximum atomic E-state index is 13.0. The first-order valence-corrected chi connectivity index (χ1v) is 10.5. The van der Waals surface area contributed by atoms with Gasteiger partial charge in [-0.05, 0) is 44.2 Å². The lowest BCUT2D eigenvalue weighted by atomic mass is 10.0. The van der Waals surface area contributed by atoms with Crippen LogP contribution in [0.3, 0.4) is 0 Å². The van der Waals surface area contributed by atoms with Crippen molar-refractivity contribution >= 4 is 34.3 Å². The van der Waals surface area contributed by atoms with Gasteiger partial charge in [-0.25, -0.2) is 4.79 Å². The monoisotopic (exact) mass is 426 g/mol. The van der Waals surface area contributed by atoms with Gasteiger partial charge in [0.15, 0.2) is 5.78 Å². The summed E-state index contributed by atoms with van der Waals surface area (Å²) in [6.45, 7) is 2.68. The molecule has 2 aliphatic carbocycles.